The summed E-state index contributed by atoms with van der Waals surface area (Å²) in [6, 6.07) is 73.7. The Hall–Kier alpha value is -6.94. The lowest BCUT2D eigenvalue weighted by Crippen LogP contribution is -2.52. The molecule has 1 aliphatic heterocycles. The average Bonchev–Trinajstić information content (AvgIpc) is 3.90. The minimum Gasteiger partial charge on any atom is -0.310 e. The number of aromatic nitrogens is 1. The molecule has 65 heavy (non-hydrogen) atoms. The zero-order valence-electron chi connectivity index (χ0n) is 36.5. The molecule has 4 atom stereocenters. The number of thiophene rings is 1. The lowest BCUT2D eigenvalue weighted by atomic mass is 9.47. The highest BCUT2D eigenvalue weighted by atomic mass is 32.1. The predicted octanol–water partition coefficient (Wildman–Crippen LogP) is 17.6. The second-order valence-electron chi connectivity index (χ2n) is 19.2. The summed E-state index contributed by atoms with van der Waals surface area (Å²) in [5.74, 6) is 1.93. The summed E-state index contributed by atoms with van der Waals surface area (Å²) in [6.45, 7) is 2.52. The molecule has 11 aromatic rings. The van der Waals surface area contributed by atoms with E-state index in [-0.39, 0.29) is 5.41 Å². The summed E-state index contributed by atoms with van der Waals surface area (Å²) in [6.07, 6.45) is 6.46. The van der Waals surface area contributed by atoms with Gasteiger partial charge in [-0.05, 0) is 137 Å². The summed E-state index contributed by atoms with van der Waals surface area (Å²) < 4.78 is 5.29. The van der Waals surface area contributed by atoms with Crippen molar-refractivity contribution >= 4 is 81.1 Å². The first-order valence-electron chi connectivity index (χ1n) is 23.7. The molecule has 3 heterocycles. The molecule has 1 unspecified atom stereocenters. The number of fused-ring (bicyclic) bond motifs is 9. The second-order valence-corrected chi connectivity index (χ2v) is 20.3. The van der Waals surface area contributed by atoms with Crippen LogP contribution in [0.4, 0.5) is 17.1 Å². The Balaban J connectivity index is 1.01. The highest BCUT2D eigenvalue weighted by Gasteiger charge is 2.56. The van der Waals surface area contributed by atoms with E-state index >= 15 is 0 Å². The van der Waals surface area contributed by atoms with E-state index in [0.29, 0.717) is 11.8 Å². The van der Waals surface area contributed by atoms with Crippen LogP contribution < -0.4 is 4.90 Å². The number of hydrogen-bond donors (Lipinski definition) is 0. The summed E-state index contributed by atoms with van der Waals surface area (Å²) in [7, 11) is 0. The molecule has 312 valence electrons. The van der Waals surface area contributed by atoms with Gasteiger partial charge >= 0.3 is 0 Å². The Labute approximate surface area is 384 Å². The molecule has 2 fully saturated rings. The molecule has 0 amide bonds. The summed E-state index contributed by atoms with van der Waals surface area (Å²) in [5, 5.41) is 7.84. The molecule has 1 spiro atoms. The Morgan fingerprint density at radius 1 is 0.523 bits per heavy atom. The van der Waals surface area contributed by atoms with E-state index in [1.54, 1.807) is 5.56 Å². The van der Waals surface area contributed by atoms with Gasteiger partial charge in [-0.2, -0.15) is 0 Å². The van der Waals surface area contributed by atoms with Gasteiger partial charge in [0.25, 0.3) is 0 Å². The summed E-state index contributed by atoms with van der Waals surface area (Å²) in [5.41, 5.74) is 15.7. The standard InChI is InChI=1S/C62H48N2S/c1-39-35-42-17-13-18-43(36-39)62(42)53-25-8-10-27-57(53)64-56-26-9-6-22-49(56)52-37-45(38-54(62)61(52)64)63(55-28-12-16-40-15-2-3-20-47(40)55)44-33-31-41(32-34-44)46-19-4-5-21-48(46)50-24-14-30-59-60(50)51-23-7-11-29-58(51)65-59/h2-12,14-16,19-34,37-39,42-43H,13,17-18,35-36H2,1H3/t39-,42-,43+,62?. The van der Waals surface area contributed by atoms with Crippen LogP contribution >= 0.6 is 11.3 Å². The molecule has 0 radical (unpaired) electrons. The van der Waals surface area contributed by atoms with E-state index in [4.69, 9.17) is 0 Å². The first kappa shape index (κ1) is 37.4. The number of para-hydroxylation sites is 2. The van der Waals surface area contributed by atoms with Gasteiger partial charge in [-0.1, -0.05) is 153 Å². The van der Waals surface area contributed by atoms with Crippen LogP contribution in [-0.4, -0.2) is 4.57 Å². The van der Waals surface area contributed by atoms with Crippen molar-refractivity contribution in [2.24, 2.45) is 17.8 Å². The van der Waals surface area contributed by atoms with Crippen LogP contribution in [0.1, 0.15) is 50.2 Å². The van der Waals surface area contributed by atoms with Crippen LogP contribution in [0.2, 0.25) is 0 Å². The number of nitrogens with zero attached hydrogens (tertiary/aromatic N) is 2. The molecule has 9 aromatic carbocycles. The molecule has 3 heteroatoms. The van der Waals surface area contributed by atoms with E-state index in [1.807, 2.05) is 11.3 Å². The fourth-order valence-electron chi connectivity index (χ4n) is 13.5. The van der Waals surface area contributed by atoms with Crippen LogP contribution in [0.25, 0.3) is 80.7 Å². The van der Waals surface area contributed by atoms with E-state index in [9.17, 15) is 0 Å². The molecule has 2 aromatic heterocycles. The van der Waals surface area contributed by atoms with Crippen molar-refractivity contribution < 1.29 is 0 Å². The minimum absolute atomic E-state index is 0.0470. The van der Waals surface area contributed by atoms with Crippen LogP contribution in [0, 0.1) is 17.8 Å². The molecule has 0 N–H and O–H groups in total. The highest BCUT2D eigenvalue weighted by Crippen LogP contribution is 2.64. The van der Waals surface area contributed by atoms with Crippen molar-refractivity contribution in [1.29, 1.82) is 0 Å². The molecule has 2 nitrogen and oxygen atoms in total. The topological polar surface area (TPSA) is 8.17 Å². The SMILES string of the molecule is C[C@@H]1C[C@H]2CCC[C@@H](C1)C21c2ccccc2-n2c3ccccc3c3cc(N(c4ccc(-c5ccccc5-c5cccc6sc7ccccc7c56)cc4)c4cccc5ccccc45)cc1c32. The van der Waals surface area contributed by atoms with E-state index in [1.165, 1.54) is 130 Å². The van der Waals surface area contributed by atoms with Gasteiger partial charge in [-0.15, -0.1) is 11.3 Å². The fourth-order valence-corrected chi connectivity index (χ4v) is 14.6. The smallest absolute Gasteiger partial charge is 0.0584 e. The monoisotopic (exact) mass is 852 g/mol. The summed E-state index contributed by atoms with van der Waals surface area (Å²) >= 11 is 1.88. The minimum atomic E-state index is -0.0470. The molecule has 2 bridgehead atoms. The zero-order chi connectivity index (χ0) is 42.8. The maximum Gasteiger partial charge on any atom is 0.0584 e. The van der Waals surface area contributed by atoms with Crippen molar-refractivity contribution in [1.82, 2.24) is 4.57 Å². The van der Waals surface area contributed by atoms with Gasteiger partial charge < -0.3 is 9.47 Å². The predicted molar refractivity (Wildman–Crippen MR) is 277 cm³/mol. The Bertz CT molecular complexity index is 3680. The van der Waals surface area contributed by atoms with Gasteiger partial charge in [-0.3, -0.25) is 0 Å². The molecule has 3 aliphatic rings. The van der Waals surface area contributed by atoms with Gasteiger partial charge in [0.2, 0.25) is 0 Å². The highest BCUT2D eigenvalue weighted by molar-refractivity contribution is 7.25. The number of benzene rings is 9. The van der Waals surface area contributed by atoms with Gasteiger partial charge in [0.15, 0.2) is 0 Å². The van der Waals surface area contributed by atoms with Crippen molar-refractivity contribution in [2.45, 2.75) is 44.4 Å². The number of hydrogen-bond acceptors (Lipinski definition) is 2. The van der Waals surface area contributed by atoms with Crippen molar-refractivity contribution in [3.63, 3.8) is 0 Å². The molecular weight excluding hydrogens is 805 g/mol. The Kier molecular flexibility index (Phi) is 8.22. The Morgan fingerprint density at radius 2 is 1.18 bits per heavy atom. The van der Waals surface area contributed by atoms with E-state index in [2.05, 4.69) is 211 Å². The molecule has 2 saturated carbocycles. The maximum atomic E-state index is 2.66. The number of anilines is 3. The van der Waals surface area contributed by atoms with Crippen molar-refractivity contribution in [2.75, 3.05) is 4.90 Å². The molecule has 0 saturated heterocycles. The fraction of sp³-hybridized carbons (Fsp3) is 0.161. The van der Waals surface area contributed by atoms with Crippen LogP contribution in [0.15, 0.2) is 194 Å². The van der Waals surface area contributed by atoms with Gasteiger partial charge in [-0.25, -0.2) is 0 Å². The van der Waals surface area contributed by atoms with Crippen molar-refractivity contribution in [3.8, 4) is 27.9 Å². The number of rotatable bonds is 5. The van der Waals surface area contributed by atoms with Crippen LogP contribution in [0.5, 0.6) is 0 Å². The Morgan fingerprint density at radius 3 is 2.05 bits per heavy atom. The van der Waals surface area contributed by atoms with E-state index in [0.717, 1.165) is 11.6 Å². The third-order valence-corrected chi connectivity index (χ3v) is 17.0. The first-order chi connectivity index (χ1) is 32.1. The molecule has 2 aliphatic carbocycles. The third kappa shape index (κ3) is 5.34. The third-order valence-electron chi connectivity index (χ3n) is 15.9. The lowest BCUT2D eigenvalue weighted by molar-refractivity contribution is 0.0533. The first-order valence-corrected chi connectivity index (χ1v) is 24.5. The lowest BCUT2D eigenvalue weighted by Gasteiger charge is -2.57. The normalized spacial score (nSPS) is 20.0. The van der Waals surface area contributed by atoms with E-state index < -0.39 is 0 Å². The summed E-state index contributed by atoms with van der Waals surface area (Å²) in [4.78, 5) is 2.58. The van der Waals surface area contributed by atoms with Gasteiger partial charge in [0.1, 0.15) is 0 Å². The van der Waals surface area contributed by atoms with Crippen LogP contribution in [-0.2, 0) is 5.41 Å². The largest absolute Gasteiger partial charge is 0.310 e. The quantitative estimate of drug-likeness (QED) is 0.167. The molecular formula is C62H48N2S. The molecule has 14 rings (SSSR count). The van der Waals surface area contributed by atoms with Gasteiger partial charge in [0, 0.05) is 53.1 Å². The van der Waals surface area contributed by atoms with Gasteiger partial charge in [0.05, 0.1) is 22.4 Å². The van der Waals surface area contributed by atoms with Crippen molar-refractivity contribution in [3.05, 3.63) is 205 Å². The second kappa shape index (κ2) is 14.3. The van der Waals surface area contributed by atoms with Crippen LogP contribution in [0.3, 0.4) is 0 Å². The zero-order valence-corrected chi connectivity index (χ0v) is 37.4. The average molecular weight is 853 g/mol. The maximum absolute atomic E-state index is 2.66.